The van der Waals surface area contributed by atoms with Crippen molar-refractivity contribution >= 4 is 0 Å². The number of rotatable bonds is 4. The predicted molar refractivity (Wildman–Crippen MR) is 246 cm³/mol. The molecule has 66 heavy (non-hydrogen) atoms. The Morgan fingerprint density at radius 2 is 0.742 bits per heavy atom. The van der Waals surface area contributed by atoms with Gasteiger partial charge in [-0.05, 0) is 138 Å². The monoisotopic (exact) mass is 908 g/mol. The lowest BCUT2D eigenvalue weighted by Crippen LogP contribution is -2.22. The van der Waals surface area contributed by atoms with Gasteiger partial charge >= 0.3 is 0 Å². The molecule has 348 valence electrons. The number of nitrogens with zero attached hydrogens (tertiary/aromatic N) is 12. The first-order valence-corrected chi connectivity index (χ1v) is 21.1. The number of aryl methyl sites for hydroxylation is 1. The zero-order valence-electron chi connectivity index (χ0n) is 39.6. The van der Waals surface area contributed by atoms with E-state index >= 15 is 0 Å². The molecule has 4 heterocycles. The van der Waals surface area contributed by atoms with Gasteiger partial charge in [0.1, 0.15) is 28.6 Å². The van der Waals surface area contributed by atoms with E-state index in [-0.39, 0.29) is 33.5 Å². The van der Waals surface area contributed by atoms with Gasteiger partial charge in [-0.1, -0.05) is 63.3 Å². The van der Waals surface area contributed by atoms with Crippen LogP contribution < -0.4 is 0 Å². The average Bonchev–Trinajstić information content (AvgIpc) is 4.08. The summed E-state index contributed by atoms with van der Waals surface area (Å²) >= 11 is 0. The van der Waals surface area contributed by atoms with Crippen LogP contribution in [0, 0.1) is 36.0 Å². The number of aromatic nitrogens is 12. The molecule has 0 radical (unpaired) electrons. The third-order valence-electron chi connectivity index (χ3n) is 9.63. The molecule has 0 aliphatic rings. The molecule has 0 saturated carbocycles. The summed E-state index contributed by atoms with van der Waals surface area (Å²) in [5, 5.41) is 32.3. The Balaban J connectivity index is 0.000000165. The van der Waals surface area contributed by atoms with Crippen LogP contribution in [-0.4, -0.2) is 60.0 Å². The van der Waals surface area contributed by atoms with Gasteiger partial charge in [-0.2, -0.15) is 0 Å². The number of halogens is 5. The van der Waals surface area contributed by atoms with Gasteiger partial charge < -0.3 is 0 Å². The first-order valence-electron chi connectivity index (χ1n) is 21.1. The lowest BCUT2D eigenvalue weighted by Gasteiger charge is -2.17. The van der Waals surface area contributed by atoms with Gasteiger partial charge in [0.15, 0.2) is 23.3 Å². The van der Waals surface area contributed by atoms with Crippen LogP contribution in [0.15, 0.2) is 110 Å². The Morgan fingerprint density at radius 1 is 0.364 bits per heavy atom. The van der Waals surface area contributed by atoms with Crippen molar-refractivity contribution < 1.29 is 22.0 Å². The van der Waals surface area contributed by atoms with Gasteiger partial charge in [0, 0.05) is 22.3 Å². The summed E-state index contributed by atoms with van der Waals surface area (Å²) in [6.07, 6.45) is 7.25. The van der Waals surface area contributed by atoms with Gasteiger partial charge in [0.2, 0.25) is 0 Å². The molecule has 8 aromatic rings. The van der Waals surface area contributed by atoms with Gasteiger partial charge in [0.25, 0.3) is 0 Å². The van der Waals surface area contributed by atoms with Crippen LogP contribution in [0.25, 0.3) is 45.0 Å². The molecule has 0 aliphatic heterocycles. The highest BCUT2D eigenvalue weighted by Crippen LogP contribution is 2.25. The molecule has 0 spiro atoms. The average molecular weight is 909 g/mol. The van der Waals surface area contributed by atoms with Crippen LogP contribution >= 0.6 is 0 Å². The molecule has 0 bridgehead atoms. The lowest BCUT2D eigenvalue weighted by molar-refractivity contribution is 0.346. The van der Waals surface area contributed by atoms with Crippen LogP contribution in [0.1, 0.15) is 88.6 Å². The van der Waals surface area contributed by atoms with Crippen molar-refractivity contribution in [1.29, 1.82) is 0 Å². The minimum atomic E-state index is -0.882. The zero-order chi connectivity index (χ0) is 48.8. The number of hydrogen-bond donors (Lipinski definition) is 0. The van der Waals surface area contributed by atoms with E-state index in [0.717, 1.165) is 35.0 Å². The van der Waals surface area contributed by atoms with E-state index in [1.807, 2.05) is 116 Å². The number of hydrogen-bond acceptors (Lipinski definition) is 8. The summed E-state index contributed by atoms with van der Waals surface area (Å²) in [4.78, 5) is 0. The van der Waals surface area contributed by atoms with E-state index in [0.29, 0.717) is 28.2 Å². The molecule has 0 saturated heterocycles. The second-order valence-corrected chi connectivity index (χ2v) is 19.5. The summed E-state index contributed by atoms with van der Waals surface area (Å²) in [6.45, 7) is 25.9. The minimum Gasteiger partial charge on any atom is -0.247 e. The molecule has 0 atom stereocenters. The van der Waals surface area contributed by atoms with Gasteiger partial charge in [-0.15, -0.1) is 20.4 Å². The van der Waals surface area contributed by atoms with E-state index in [1.165, 1.54) is 25.1 Å². The van der Waals surface area contributed by atoms with Gasteiger partial charge in [0.05, 0.1) is 46.9 Å². The highest BCUT2D eigenvalue weighted by Gasteiger charge is 2.20. The van der Waals surface area contributed by atoms with Crippen LogP contribution in [0.4, 0.5) is 22.0 Å². The smallest absolute Gasteiger partial charge is 0.161 e. The molecular weight excluding hydrogens is 852 g/mol. The van der Waals surface area contributed by atoms with Crippen molar-refractivity contribution in [2.45, 2.75) is 112 Å². The molecule has 4 aromatic heterocycles. The molecular formula is C49H57F5N12. The van der Waals surface area contributed by atoms with Gasteiger partial charge in [-0.25, -0.2) is 40.7 Å². The first kappa shape index (κ1) is 50.1. The van der Waals surface area contributed by atoms with E-state index in [2.05, 4.69) is 62.0 Å². The van der Waals surface area contributed by atoms with Crippen molar-refractivity contribution in [3.8, 4) is 45.0 Å². The summed E-state index contributed by atoms with van der Waals surface area (Å²) in [5.74, 6) is -3.69. The summed E-state index contributed by atoms with van der Waals surface area (Å²) in [6, 6.07) is 22.8. The SMILES string of the molecule is CC(C)(C)n1cc(-c2ccc(F)c(F)c2)nn1.CC(C)(C)n1cc(-c2cccc(F)c2)nn1.CC(C)(C)n1cc(-c2ccccc2)nn1.Cc1cc(-c2cn(C(C)(C)C)nn2)cc(F)c1F. The van der Waals surface area contributed by atoms with E-state index < -0.39 is 23.3 Å². The van der Waals surface area contributed by atoms with E-state index in [1.54, 1.807) is 38.6 Å². The fourth-order valence-corrected chi connectivity index (χ4v) is 5.68. The Morgan fingerprint density at radius 3 is 1.12 bits per heavy atom. The second-order valence-electron chi connectivity index (χ2n) is 19.5. The third-order valence-corrected chi connectivity index (χ3v) is 9.63. The quantitative estimate of drug-likeness (QED) is 0.160. The zero-order valence-corrected chi connectivity index (χ0v) is 39.6. The Kier molecular flexibility index (Phi) is 15.2. The second kappa shape index (κ2) is 20.1. The van der Waals surface area contributed by atoms with E-state index in [4.69, 9.17) is 0 Å². The van der Waals surface area contributed by atoms with Crippen LogP contribution in [0.3, 0.4) is 0 Å². The fraction of sp³-hybridized carbons (Fsp3) is 0.347. The molecule has 0 fully saturated rings. The maximum absolute atomic E-state index is 13.3. The summed E-state index contributed by atoms with van der Waals surface area (Å²) in [5.41, 5.74) is 5.31. The molecule has 0 unspecified atom stereocenters. The molecule has 4 aromatic carbocycles. The Labute approximate surface area is 382 Å². The van der Waals surface area contributed by atoms with Crippen LogP contribution in [0.5, 0.6) is 0 Å². The third kappa shape index (κ3) is 13.3. The van der Waals surface area contributed by atoms with Crippen molar-refractivity contribution in [2.75, 3.05) is 0 Å². The standard InChI is InChI=1S/C13H15F2N3.C12H13F2N3.C12H14FN3.C12H15N3/c1-8-5-9(6-10(14)12(8)15)11-7-18(17-16-11)13(2,3)4;1-12(2,3)17-7-11(15-16-17)8-4-5-9(13)10(14)6-8;1-12(2,3)16-8-11(14-15-16)9-5-4-6-10(13)7-9;1-12(2,3)15-9-11(13-14-15)10-7-5-4-6-8-10/h5-7H,1-4H3;4-7H,1-3H3;4-8H,1-3H3;4-9H,1-3H3. The highest BCUT2D eigenvalue weighted by atomic mass is 19.2. The van der Waals surface area contributed by atoms with Gasteiger partial charge in [-0.3, -0.25) is 0 Å². The molecule has 0 amide bonds. The molecule has 0 N–H and O–H groups in total. The molecule has 0 aliphatic carbocycles. The maximum atomic E-state index is 13.3. The molecule has 17 heteroatoms. The van der Waals surface area contributed by atoms with Crippen molar-refractivity contribution in [2.24, 2.45) is 0 Å². The van der Waals surface area contributed by atoms with Crippen molar-refractivity contribution in [3.63, 3.8) is 0 Å². The normalized spacial score (nSPS) is 11.8. The topological polar surface area (TPSA) is 123 Å². The fourth-order valence-electron chi connectivity index (χ4n) is 5.68. The minimum absolute atomic E-state index is 0.0139. The first-order chi connectivity index (χ1) is 30.7. The van der Waals surface area contributed by atoms with Crippen molar-refractivity contribution in [3.05, 3.63) is 144 Å². The van der Waals surface area contributed by atoms with Crippen LogP contribution in [-0.2, 0) is 22.2 Å². The Hall–Kier alpha value is -6.91. The summed E-state index contributed by atoms with van der Waals surface area (Å²) < 4.78 is 72.5. The van der Waals surface area contributed by atoms with E-state index in [9.17, 15) is 22.0 Å². The largest absolute Gasteiger partial charge is 0.247 e. The molecule has 8 rings (SSSR count). The predicted octanol–water partition coefficient (Wildman–Crippen LogP) is 11.8. The number of benzene rings is 4. The van der Waals surface area contributed by atoms with Crippen LogP contribution in [0.2, 0.25) is 0 Å². The molecule has 12 nitrogen and oxygen atoms in total. The van der Waals surface area contributed by atoms with Crippen molar-refractivity contribution in [1.82, 2.24) is 60.0 Å². The highest BCUT2D eigenvalue weighted by molar-refractivity contribution is 5.60. The Bertz CT molecular complexity index is 2810. The maximum Gasteiger partial charge on any atom is 0.161 e. The summed E-state index contributed by atoms with van der Waals surface area (Å²) in [7, 11) is 0. The lowest BCUT2D eigenvalue weighted by atomic mass is 10.1.